The number of aryl methyl sites for hydroxylation is 1. The Morgan fingerprint density at radius 2 is 2.03 bits per heavy atom. The van der Waals surface area contributed by atoms with E-state index in [4.69, 9.17) is 10.5 Å². The maximum Gasteiger partial charge on any atom is 0.251 e. The average molecular weight is 493 g/mol. The molecule has 4 aromatic rings. The third kappa shape index (κ3) is 4.13. The lowest BCUT2D eigenvalue weighted by atomic mass is 9.87. The Hall–Kier alpha value is -4.05. The SMILES string of the molecule is CCc1cc(Nc2nccn3c(-c4ccc(OC)c(F)c4F)cnc23)ccc1C(=O)NC1CCC1N. The number of carbonyl (C=O) groups excluding carboxylic acids is 1. The minimum absolute atomic E-state index is 0.00819. The summed E-state index contributed by atoms with van der Waals surface area (Å²) in [5.41, 5.74) is 9.00. The minimum atomic E-state index is -1.06. The van der Waals surface area contributed by atoms with Crippen LogP contribution in [0.1, 0.15) is 35.7 Å². The van der Waals surface area contributed by atoms with Crippen molar-refractivity contribution in [2.45, 2.75) is 38.3 Å². The average Bonchev–Trinajstić information content (AvgIpc) is 3.32. The molecule has 0 spiro atoms. The monoisotopic (exact) mass is 492 g/mol. The largest absolute Gasteiger partial charge is 0.494 e. The molecule has 0 saturated heterocycles. The molecule has 2 unspecified atom stereocenters. The third-order valence-electron chi connectivity index (χ3n) is 6.61. The number of anilines is 2. The molecule has 0 bridgehead atoms. The first-order valence-electron chi connectivity index (χ1n) is 11.7. The smallest absolute Gasteiger partial charge is 0.251 e. The number of imidazole rings is 1. The standard InChI is InChI=1S/C26H26F2N6O2/c1-3-14-12-15(4-5-16(14)26(35)33-19-8-7-18(19)29)32-24-25-31-13-20(34(25)11-10-30-24)17-6-9-21(36-2)23(28)22(17)27/h4-6,9-13,18-19H,3,7-8,29H2,1-2H3,(H,30,32)(H,33,35). The first-order chi connectivity index (χ1) is 17.4. The molecule has 186 valence electrons. The van der Waals surface area contributed by atoms with Crippen LogP contribution < -0.4 is 21.1 Å². The fourth-order valence-corrected chi connectivity index (χ4v) is 4.37. The molecule has 1 amide bonds. The van der Waals surface area contributed by atoms with E-state index in [0.717, 1.165) is 24.1 Å². The lowest BCUT2D eigenvalue weighted by molar-refractivity contribution is 0.0905. The van der Waals surface area contributed by atoms with Crippen molar-refractivity contribution in [3.63, 3.8) is 0 Å². The van der Waals surface area contributed by atoms with Crippen LogP contribution in [0.4, 0.5) is 20.3 Å². The van der Waals surface area contributed by atoms with E-state index in [0.29, 0.717) is 29.1 Å². The Bertz CT molecular complexity index is 1450. The van der Waals surface area contributed by atoms with Gasteiger partial charge >= 0.3 is 0 Å². The van der Waals surface area contributed by atoms with Gasteiger partial charge in [-0.1, -0.05) is 6.92 Å². The quantitative estimate of drug-likeness (QED) is 0.357. The number of nitrogens with zero attached hydrogens (tertiary/aromatic N) is 3. The number of hydrogen-bond donors (Lipinski definition) is 3. The van der Waals surface area contributed by atoms with Gasteiger partial charge in [0.2, 0.25) is 5.82 Å². The van der Waals surface area contributed by atoms with E-state index in [1.165, 1.54) is 25.4 Å². The lowest BCUT2D eigenvalue weighted by Gasteiger charge is -2.34. The number of ether oxygens (including phenoxy) is 1. The van der Waals surface area contributed by atoms with E-state index < -0.39 is 11.6 Å². The van der Waals surface area contributed by atoms with Gasteiger partial charge < -0.3 is 21.1 Å². The zero-order valence-corrected chi connectivity index (χ0v) is 19.9. The molecule has 2 heterocycles. The van der Waals surface area contributed by atoms with Crippen molar-refractivity contribution in [3.8, 4) is 17.0 Å². The molecule has 1 saturated carbocycles. The van der Waals surface area contributed by atoms with Crippen molar-refractivity contribution in [2.75, 3.05) is 12.4 Å². The van der Waals surface area contributed by atoms with E-state index in [1.54, 1.807) is 28.9 Å². The minimum Gasteiger partial charge on any atom is -0.494 e. The molecule has 10 heteroatoms. The zero-order chi connectivity index (χ0) is 25.4. The number of carbonyl (C=O) groups is 1. The van der Waals surface area contributed by atoms with Gasteiger partial charge in [-0.3, -0.25) is 9.20 Å². The highest BCUT2D eigenvalue weighted by molar-refractivity contribution is 5.96. The highest BCUT2D eigenvalue weighted by Crippen LogP contribution is 2.31. The van der Waals surface area contributed by atoms with Gasteiger partial charge in [-0.15, -0.1) is 0 Å². The van der Waals surface area contributed by atoms with Gasteiger partial charge in [0.25, 0.3) is 5.91 Å². The first-order valence-corrected chi connectivity index (χ1v) is 11.7. The fraction of sp³-hybridized carbons (Fsp3) is 0.269. The number of benzene rings is 2. The molecule has 5 rings (SSSR count). The Balaban J connectivity index is 1.44. The fourth-order valence-electron chi connectivity index (χ4n) is 4.37. The molecular formula is C26H26F2N6O2. The molecule has 4 N–H and O–H groups in total. The number of methoxy groups -OCH3 is 1. The van der Waals surface area contributed by atoms with Crippen molar-refractivity contribution in [3.05, 3.63) is 71.7 Å². The van der Waals surface area contributed by atoms with Crippen molar-refractivity contribution in [1.29, 1.82) is 0 Å². The first kappa shape index (κ1) is 23.7. The number of hydrogen-bond acceptors (Lipinski definition) is 6. The molecule has 2 aromatic heterocycles. The summed E-state index contributed by atoms with van der Waals surface area (Å²) in [5.74, 6) is -1.96. The van der Waals surface area contributed by atoms with Crippen LogP contribution in [0.25, 0.3) is 16.9 Å². The van der Waals surface area contributed by atoms with E-state index >= 15 is 0 Å². The predicted octanol–water partition coefficient (Wildman–Crippen LogP) is 4.21. The molecular weight excluding hydrogens is 466 g/mol. The van der Waals surface area contributed by atoms with Gasteiger partial charge in [-0.05, 0) is 55.2 Å². The Labute approximate surface area is 206 Å². The van der Waals surface area contributed by atoms with E-state index in [9.17, 15) is 13.6 Å². The van der Waals surface area contributed by atoms with Crippen LogP contribution in [0.15, 0.2) is 48.9 Å². The van der Waals surface area contributed by atoms with Crippen molar-refractivity contribution < 1.29 is 18.3 Å². The van der Waals surface area contributed by atoms with Crippen LogP contribution in [0.3, 0.4) is 0 Å². The molecule has 0 radical (unpaired) electrons. The van der Waals surface area contributed by atoms with E-state index in [2.05, 4.69) is 20.6 Å². The van der Waals surface area contributed by atoms with Crippen LogP contribution in [0.2, 0.25) is 0 Å². The van der Waals surface area contributed by atoms with Crippen LogP contribution in [-0.2, 0) is 6.42 Å². The molecule has 1 aliphatic carbocycles. The summed E-state index contributed by atoms with van der Waals surface area (Å²) >= 11 is 0. The number of nitrogens with two attached hydrogens (primary N) is 1. The van der Waals surface area contributed by atoms with E-state index in [1.807, 2.05) is 13.0 Å². The maximum absolute atomic E-state index is 14.7. The lowest BCUT2D eigenvalue weighted by Crippen LogP contribution is -2.54. The van der Waals surface area contributed by atoms with Gasteiger partial charge in [0.05, 0.1) is 19.0 Å². The normalized spacial score (nSPS) is 17.0. The van der Waals surface area contributed by atoms with Gasteiger partial charge in [0.15, 0.2) is 23.0 Å². The molecule has 0 aliphatic heterocycles. The number of rotatable bonds is 7. The summed E-state index contributed by atoms with van der Waals surface area (Å²) in [7, 11) is 1.28. The van der Waals surface area contributed by atoms with Crippen LogP contribution in [0, 0.1) is 11.6 Å². The highest BCUT2D eigenvalue weighted by Gasteiger charge is 2.29. The summed E-state index contributed by atoms with van der Waals surface area (Å²) < 4.78 is 35.5. The van der Waals surface area contributed by atoms with Gasteiger partial charge in [-0.25, -0.2) is 14.4 Å². The topological polar surface area (TPSA) is 107 Å². The van der Waals surface area contributed by atoms with Crippen LogP contribution in [0.5, 0.6) is 5.75 Å². The number of halogens is 2. The van der Waals surface area contributed by atoms with Crippen molar-refractivity contribution in [1.82, 2.24) is 19.7 Å². The number of fused-ring (bicyclic) bond motifs is 1. The molecule has 1 aliphatic rings. The van der Waals surface area contributed by atoms with E-state index in [-0.39, 0.29) is 29.3 Å². The van der Waals surface area contributed by atoms with Crippen molar-refractivity contribution >= 4 is 23.1 Å². The Morgan fingerprint density at radius 3 is 2.72 bits per heavy atom. The Morgan fingerprint density at radius 1 is 1.19 bits per heavy atom. The summed E-state index contributed by atoms with van der Waals surface area (Å²) in [6.45, 7) is 1.98. The zero-order valence-electron chi connectivity index (χ0n) is 19.9. The predicted molar refractivity (Wildman–Crippen MR) is 132 cm³/mol. The van der Waals surface area contributed by atoms with Crippen LogP contribution in [-0.4, -0.2) is 39.5 Å². The number of aromatic nitrogens is 3. The second-order valence-corrected chi connectivity index (χ2v) is 8.73. The molecule has 1 fully saturated rings. The number of nitrogens with one attached hydrogen (secondary N) is 2. The second kappa shape index (κ2) is 9.54. The van der Waals surface area contributed by atoms with Gasteiger partial charge in [0, 0.05) is 41.3 Å². The van der Waals surface area contributed by atoms with Gasteiger partial charge in [0.1, 0.15) is 0 Å². The third-order valence-corrected chi connectivity index (χ3v) is 6.61. The molecule has 36 heavy (non-hydrogen) atoms. The summed E-state index contributed by atoms with van der Waals surface area (Å²) in [6.07, 6.45) is 7.10. The maximum atomic E-state index is 14.7. The molecule has 2 atom stereocenters. The van der Waals surface area contributed by atoms with Gasteiger partial charge in [-0.2, -0.15) is 4.39 Å². The summed E-state index contributed by atoms with van der Waals surface area (Å²) in [6, 6.07) is 8.30. The molecule has 8 nitrogen and oxygen atoms in total. The van der Waals surface area contributed by atoms with Crippen LogP contribution >= 0.6 is 0 Å². The Kier molecular flexibility index (Phi) is 6.27. The summed E-state index contributed by atoms with van der Waals surface area (Å²) in [4.78, 5) is 21.5. The summed E-state index contributed by atoms with van der Waals surface area (Å²) in [5, 5.41) is 6.24. The van der Waals surface area contributed by atoms with Crippen molar-refractivity contribution in [2.24, 2.45) is 5.73 Å². The highest BCUT2D eigenvalue weighted by atomic mass is 19.2. The molecule has 2 aromatic carbocycles. The number of amides is 1. The second-order valence-electron chi connectivity index (χ2n) is 8.73.